The molecule has 0 unspecified atom stereocenters. The smallest absolute Gasteiger partial charge is 0.319 e. The number of para-hydroxylation sites is 1. The normalized spacial score (nSPS) is 16.2. The Hall–Kier alpha value is -3.46. The van der Waals surface area contributed by atoms with Gasteiger partial charge in [0.15, 0.2) is 5.84 Å². The van der Waals surface area contributed by atoms with Gasteiger partial charge < -0.3 is 16.0 Å². The highest BCUT2D eigenvalue weighted by molar-refractivity contribution is 9.11. The molecule has 0 saturated heterocycles. The molecule has 0 saturated carbocycles. The molecule has 1 aliphatic rings. The van der Waals surface area contributed by atoms with Crippen LogP contribution >= 0.6 is 15.9 Å². The molecule has 0 spiro atoms. The van der Waals surface area contributed by atoms with Crippen molar-refractivity contribution in [3.8, 4) is 0 Å². The first-order valence-corrected chi connectivity index (χ1v) is 10.7. The number of rotatable bonds is 6. The maximum atomic E-state index is 13.7. The van der Waals surface area contributed by atoms with Crippen molar-refractivity contribution in [3.05, 3.63) is 81.9 Å². The predicted molar refractivity (Wildman–Crippen MR) is 131 cm³/mol. The number of urea groups is 1. The molecule has 166 valence electrons. The molecule has 0 aromatic heterocycles. The minimum absolute atomic E-state index is 0.116. The van der Waals surface area contributed by atoms with Crippen molar-refractivity contribution < 1.29 is 9.18 Å². The molecule has 0 radical (unpaired) electrons. The van der Waals surface area contributed by atoms with Gasteiger partial charge in [-0.05, 0) is 31.5 Å². The van der Waals surface area contributed by atoms with Gasteiger partial charge in [0, 0.05) is 29.4 Å². The van der Waals surface area contributed by atoms with Crippen molar-refractivity contribution in [1.82, 2.24) is 15.6 Å². The molecule has 0 fully saturated rings. The van der Waals surface area contributed by atoms with Crippen LogP contribution in [0, 0.1) is 12.7 Å². The monoisotopic (exact) mass is 498 g/mol. The van der Waals surface area contributed by atoms with E-state index in [1.54, 1.807) is 17.1 Å². The van der Waals surface area contributed by atoms with Gasteiger partial charge in [0.2, 0.25) is 0 Å². The third-order valence-electron chi connectivity index (χ3n) is 4.65. The number of nitrogens with one attached hydrogen (secondary N) is 3. The lowest BCUT2D eigenvalue weighted by molar-refractivity contribution is 0.252. The van der Waals surface area contributed by atoms with Crippen LogP contribution in [0.1, 0.15) is 18.1 Å². The van der Waals surface area contributed by atoms with E-state index in [-0.39, 0.29) is 18.8 Å². The Bertz CT molecular complexity index is 1110. The summed E-state index contributed by atoms with van der Waals surface area (Å²) in [5, 5.41) is 14.2. The van der Waals surface area contributed by atoms with Crippen molar-refractivity contribution in [2.75, 3.05) is 18.4 Å². The first-order valence-electron chi connectivity index (χ1n) is 9.92. The van der Waals surface area contributed by atoms with E-state index in [1.165, 1.54) is 12.1 Å². The first-order chi connectivity index (χ1) is 15.4. The largest absolute Gasteiger partial charge is 0.339 e. The number of hydrazone groups is 1. The molecule has 7 nitrogen and oxygen atoms in total. The van der Waals surface area contributed by atoms with E-state index in [4.69, 9.17) is 0 Å². The molecular weight excluding hydrogens is 475 g/mol. The van der Waals surface area contributed by atoms with E-state index < -0.39 is 11.8 Å². The van der Waals surface area contributed by atoms with Crippen LogP contribution in [0.2, 0.25) is 0 Å². The Labute approximate surface area is 194 Å². The van der Waals surface area contributed by atoms with Crippen LogP contribution in [-0.2, 0) is 0 Å². The second-order valence-corrected chi connectivity index (χ2v) is 8.12. The summed E-state index contributed by atoms with van der Waals surface area (Å²) in [6.45, 7) is 8.12. The topological polar surface area (TPSA) is 81.1 Å². The molecule has 1 heterocycles. The van der Waals surface area contributed by atoms with E-state index in [2.05, 4.69) is 48.7 Å². The van der Waals surface area contributed by atoms with Crippen LogP contribution in [0.15, 0.2) is 75.0 Å². The van der Waals surface area contributed by atoms with Crippen molar-refractivity contribution in [3.63, 3.8) is 0 Å². The molecule has 0 atom stereocenters. The maximum absolute atomic E-state index is 13.7. The molecule has 2 amide bonds. The lowest BCUT2D eigenvalue weighted by atomic mass is 10.0. The molecule has 1 aliphatic heterocycles. The summed E-state index contributed by atoms with van der Waals surface area (Å²) >= 11 is 3.51. The number of amides is 2. The summed E-state index contributed by atoms with van der Waals surface area (Å²) in [5.41, 5.74) is 3.15. The third kappa shape index (κ3) is 5.61. The minimum Gasteiger partial charge on any atom is -0.339 e. The van der Waals surface area contributed by atoms with Crippen LogP contribution in [-0.4, -0.2) is 36.7 Å². The number of aryl methyl sites for hydroxylation is 1. The van der Waals surface area contributed by atoms with Crippen LogP contribution in [0.5, 0.6) is 0 Å². The number of amidine groups is 1. The number of nitrogens with zero attached hydrogens (tertiary/aromatic N) is 3. The Morgan fingerprint density at radius 1 is 1.22 bits per heavy atom. The summed E-state index contributed by atoms with van der Waals surface area (Å²) in [6, 6.07) is 13.5. The van der Waals surface area contributed by atoms with E-state index in [0.29, 0.717) is 11.7 Å². The molecule has 3 rings (SSSR count). The number of carbonyl (C=O) groups excluding carboxylic acids is 1. The van der Waals surface area contributed by atoms with Crippen molar-refractivity contribution in [2.24, 2.45) is 10.1 Å². The van der Waals surface area contributed by atoms with Crippen molar-refractivity contribution in [1.29, 1.82) is 0 Å². The van der Waals surface area contributed by atoms with Crippen LogP contribution in [0.25, 0.3) is 5.70 Å². The van der Waals surface area contributed by atoms with Gasteiger partial charge in [-0.15, -0.1) is 0 Å². The van der Waals surface area contributed by atoms with Crippen LogP contribution in [0.4, 0.5) is 14.9 Å². The van der Waals surface area contributed by atoms with Gasteiger partial charge in [0.25, 0.3) is 0 Å². The number of hydrogen-bond acceptors (Lipinski definition) is 4. The molecule has 32 heavy (non-hydrogen) atoms. The number of halogens is 2. The first kappa shape index (κ1) is 23.2. The Morgan fingerprint density at radius 2 is 1.94 bits per heavy atom. The molecule has 2 aromatic rings. The second-order valence-electron chi connectivity index (χ2n) is 6.93. The van der Waals surface area contributed by atoms with Gasteiger partial charge in [0.1, 0.15) is 11.6 Å². The molecule has 9 heteroatoms. The maximum Gasteiger partial charge on any atom is 0.319 e. The summed E-state index contributed by atoms with van der Waals surface area (Å²) in [7, 11) is 0. The van der Waals surface area contributed by atoms with Gasteiger partial charge in [-0.25, -0.2) is 9.18 Å². The zero-order chi connectivity index (χ0) is 23.1. The Balaban J connectivity index is 1.74. The molecular formula is C23H24BrFN6O. The number of aliphatic imine (C=N–C) groups is 1. The number of carbonyl (C=O) groups is 1. The summed E-state index contributed by atoms with van der Waals surface area (Å²) in [4.78, 5) is 16.6. The van der Waals surface area contributed by atoms with Gasteiger partial charge in [-0.2, -0.15) is 10.1 Å². The van der Waals surface area contributed by atoms with E-state index in [0.717, 1.165) is 21.3 Å². The highest BCUT2D eigenvalue weighted by Crippen LogP contribution is 2.26. The van der Waals surface area contributed by atoms with E-state index in [9.17, 15) is 9.18 Å². The highest BCUT2D eigenvalue weighted by atomic mass is 79.9. The van der Waals surface area contributed by atoms with Gasteiger partial charge >= 0.3 is 6.03 Å². The highest BCUT2D eigenvalue weighted by Gasteiger charge is 2.23. The molecule has 2 aromatic carbocycles. The molecule has 0 aliphatic carbocycles. The van der Waals surface area contributed by atoms with Crippen molar-refractivity contribution >= 4 is 45.9 Å². The number of anilines is 1. The standard InChI is InChI=1S/C23H24BrFN6O/c1-15-8-4-5-9-17(15)20-14-21(31(26-3)22(29-20)16(2)24)27-12-13-28-23(32)30-19-11-7-6-10-18(19)25/h4-11,14,29H,3,12-13H2,1-2H3,(H2,28,30,32)/b22-16+,27-21?. The van der Waals surface area contributed by atoms with Crippen LogP contribution < -0.4 is 16.0 Å². The lowest BCUT2D eigenvalue weighted by Crippen LogP contribution is -2.37. The van der Waals surface area contributed by atoms with Crippen molar-refractivity contribution in [2.45, 2.75) is 13.8 Å². The Morgan fingerprint density at radius 3 is 2.62 bits per heavy atom. The SMILES string of the molecule is C=NN1C(=NCCNC(=O)Nc2ccccc2F)C=C(c2ccccc2C)N/C1=C(/C)Br. The quantitative estimate of drug-likeness (QED) is 0.395. The average Bonchev–Trinajstić information content (AvgIpc) is 2.78. The zero-order valence-electron chi connectivity index (χ0n) is 17.8. The zero-order valence-corrected chi connectivity index (χ0v) is 19.4. The number of hydrogen-bond donors (Lipinski definition) is 3. The number of allylic oxidation sites excluding steroid dienone is 1. The van der Waals surface area contributed by atoms with E-state index in [1.807, 2.05) is 44.2 Å². The molecule has 3 N–H and O–H groups in total. The summed E-state index contributed by atoms with van der Waals surface area (Å²) in [5.74, 6) is 0.774. The summed E-state index contributed by atoms with van der Waals surface area (Å²) < 4.78 is 14.5. The third-order valence-corrected chi connectivity index (χ3v) is 5.03. The second kappa shape index (κ2) is 10.7. The van der Waals surface area contributed by atoms with Gasteiger partial charge in [-0.1, -0.05) is 52.3 Å². The minimum atomic E-state index is -0.507. The predicted octanol–water partition coefficient (Wildman–Crippen LogP) is 4.80. The average molecular weight is 499 g/mol. The Kier molecular flexibility index (Phi) is 7.77. The van der Waals surface area contributed by atoms with Gasteiger partial charge in [-0.3, -0.25) is 4.99 Å². The fourth-order valence-corrected chi connectivity index (χ4v) is 3.37. The fraction of sp³-hybridized carbons (Fsp3) is 0.174. The van der Waals surface area contributed by atoms with Gasteiger partial charge in [0.05, 0.1) is 17.9 Å². The number of benzene rings is 2. The fourth-order valence-electron chi connectivity index (χ4n) is 3.10. The van der Waals surface area contributed by atoms with Crippen LogP contribution in [0.3, 0.4) is 0 Å². The molecule has 0 bridgehead atoms. The lowest BCUT2D eigenvalue weighted by Gasteiger charge is -2.30. The summed E-state index contributed by atoms with van der Waals surface area (Å²) in [6.07, 6.45) is 1.88. The van der Waals surface area contributed by atoms with E-state index >= 15 is 0 Å².